The van der Waals surface area contributed by atoms with Crippen molar-refractivity contribution in [1.82, 2.24) is 15.0 Å². The van der Waals surface area contributed by atoms with Crippen molar-refractivity contribution in [3.63, 3.8) is 0 Å². The van der Waals surface area contributed by atoms with Crippen LogP contribution in [0.25, 0.3) is 0 Å². The van der Waals surface area contributed by atoms with Gasteiger partial charge in [-0.2, -0.15) is 0 Å². The minimum Gasteiger partial charge on any atom is -0.489 e. The molecular formula is C25H29N3O3. The highest BCUT2D eigenvalue weighted by atomic mass is 16.5. The van der Waals surface area contributed by atoms with Crippen molar-refractivity contribution in [1.29, 1.82) is 0 Å². The van der Waals surface area contributed by atoms with Crippen molar-refractivity contribution in [3.05, 3.63) is 82.2 Å². The van der Waals surface area contributed by atoms with Gasteiger partial charge in [0.25, 0.3) is 5.91 Å². The zero-order valence-electron chi connectivity index (χ0n) is 18.4. The van der Waals surface area contributed by atoms with E-state index in [-0.39, 0.29) is 12.5 Å². The molecule has 0 unspecified atom stereocenters. The van der Waals surface area contributed by atoms with E-state index in [1.165, 1.54) is 11.1 Å². The summed E-state index contributed by atoms with van der Waals surface area (Å²) in [5, 5.41) is 4.06. The molecule has 3 aromatic rings. The predicted octanol–water partition coefficient (Wildman–Crippen LogP) is 4.14. The van der Waals surface area contributed by atoms with Crippen LogP contribution in [0.2, 0.25) is 0 Å². The smallest absolute Gasteiger partial charge is 0.276 e. The third kappa shape index (κ3) is 5.14. The fourth-order valence-corrected chi connectivity index (χ4v) is 3.80. The molecule has 0 saturated carbocycles. The molecule has 0 N–H and O–H groups in total. The molecule has 4 rings (SSSR count). The van der Waals surface area contributed by atoms with Crippen LogP contribution < -0.4 is 4.74 Å². The molecule has 1 fully saturated rings. The van der Waals surface area contributed by atoms with Crippen molar-refractivity contribution in [2.75, 3.05) is 26.2 Å². The van der Waals surface area contributed by atoms with Crippen LogP contribution >= 0.6 is 0 Å². The summed E-state index contributed by atoms with van der Waals surface area (Å²) in [7, 11) is 0. The van der Waals surface area contributed by atoms with E-state index in [0.717, 1.165) is 30.9 Å². The summed E-state index contributed by atoms with van der Waals surface area (Å²) in [6, 6.07) is 16.5. The number of hydrogen-bond donors (Lipinski definition) is 0. The van der Waals surface area contributed by atoms with E-state index in [1.807, 2.05) is 43.0 Å². The van der Waals surface area contributed by atoms with Gasteiger partial charge in [0.2, 0.25) is 0 Å². The van der Waals surface area contributed by atoms with E-state index in [1.54, 1.807) is 0 Å². The Labute approximate surface area is 183 Å². The minimum absolute atomic E-state index is 0.0883. The second-order valence-corrected chi connectivity index (χ2v) is 8.23. The van der Waals surface area contributed by atoms with Crippen LogP contribution in [0.1, 0.15) is 38.5 Å². The van der Waals surface area contributed by atoms with Crippen LogP contribution in [-0.4, -0.2) is 47.0 Å². The summed E-state index contributed by atoms with van der Waals surface area (Å²) in [5.74, 6) is 1.30. The standard InChI is InChI=1S/C25H29N3O3/c1-18-7-9-21(10-8-18)16-27-11-13-28(14-12-27)25(29)24-23(20(3)31-26-24)17-30-22-6-4-5-19(2)15-22/h4-10,15H,11-14,16-17H2,1-3H3. The molecule has 1 aromatic heterocycles. The Morgan fingerprint density at radius 3 is 2.45 bits per heavy atom. The maximum absolute atomic E-state index is 13.1. The van der Waals surface area contributed by atoms with Crippen LogP contribution in [0.15, 0.2) is 53.1 Å². The number of ether oxygens (including phenoxy) is 1. The molecule has 1 saturated heterocycles. The SMILES string of the molecule is Cc1ccc(CN2CCN(C(=O)c3noc(C)c3COc3cccc(C)c3)CC2)cc1. The maximum Gasteiger partial charge on any atom is 0.276 e. The fourth-order valence-electron chi connectivity index (χ4n) is 3.80. The monoisotopic (exact) mass is 419 g/mol. The average Bonchev–Trinajstić information content (AvgIpc) is 3.14. The van der Waals surface area contributed by atoms with Gasteiger partial charge in [0, 0.05) is 32.7 Å². The number of benzene rings is 2. The van der Waals surface area contributed by atoms with Crippen molar-refractivity contribution in [2.45, 2.75) is 33.9 Å². The lowest BCUT2D eigenvalue weighted by molar-refractivity contribution is 0.0616. The van der Waals surface area contributed by atoms with Crippen LogP contribution in [0.5, 0.6) is 5.75 Å². The number of carbonyl (C=O) groups excluding carboxylic acids is 1. The third-order valence-electron chi connectivity index (χ3n) is 5.75. The van der Waals surface area contributed by atoms with E-state index in [4.69, 9.17) is 9.26 Å². The van der Waals surface area contributed by atoms with Crippen LogP contribution in [0.3, 0.4) is 0 Å². The number of aromatic nitrogens is 1. The lowest BCUT2D eigenvalue weighted by atomic mass is 10.1. The quantitative estimate of drug-likeness (QED) is 0.601. The zero-order valence-corrected chi connectivity index (χ0v) is 18.4. The molecule has 6 heteroatoms. The highest BCUT2D eigenvalue weighted by molar-refractivity contribution is 5.93. The summed E-state index contributed by atoms with van der Waals surface area (Å²) in [6.07, 6.45) is 0. The molecular weight excluding hydrogens is 390 g/mol. The van der Waals surface area contributed by atoms with Gasteiger partial charge in [-0.1, -0.05) is 47.1 Å². The average molecular weight is 420 g/mol. The Hall–Kier alpha value is -3.12. The Balaban J connectivity index is 1.36. The normalized spacial score (nSPS) is 14.6. The third-order valence-corrected chi connectivity index (χ3v) is 5.75. The first-order valence-electron chi connectivity index (χ1n) is 10.7. The maximum atomic E-state index is 13.1. The van der Waals surface area contributed by atoms with E-state index in [9.17, 15) is 4.79 Å². The second-order valence-electron chi connectivity index (χ2n) is 8.23. The summed E-state index contributed by atoms with van der Waals surface area (Å²) in [6.45, 7) is 10.1. The van der Waals surface area contributed by atoms with Gasteiger partial charge in [-0.05, 0) is 44.0 Å². The summed E-state index contributed by atoms with van der Waals surface area (Å²) < 4.78 is 11.2. The molecule has 31 heavy (non-hydrogen) atoms. The van der Waals surface area contributed by atoms with Gasteiger partial charge in [-0.3, -0.25) is 9.69 Å². The molecule has 0 aliphatic carbocycles. The predicted molar refractivity (Wildman–Crippen MR) is 119 cm³/mol. The lowest BCUT2D eigenvalue weighted by Crippen LogP contribution is -2.48. The molecule has 6 nitrogen and oxygen atoms in total. The van der Waals surface area contributed by atoms with Crippen LogP contribution in [0, 0.1) is 20.8 Å². The first kappa shape index (κ1) is 21.1. The number of piperazine rings is 1. The highest BCUT2D eigenvalue weighted by Gasteiger charge is 2.28. The Kier molecular flexibility index (Phi) is 6.37. The van der Waals surface area contributed by atoms with Gasteiger partial charge >= 0.3 is 0 Å². The molecule has 0 spiro atoms. The van der Waals surface area contributed by atoms with E-state index < -0.39 is 0 Å². The number of rotatable bonds is 6. The van der Waals surface area contributed by atoms with E-state index in [0.29, 0.717) is 30.1 Å². The summed E-state index contributed by atoms with van der Waals surface area (Å²) in [4.78, 5) is 17.4. The number of nitrogens with zero attached hydrogens (tertiary/aromatic N) is 3. The van der Waals surface area contributed by atoms with Crippen molar-refractivity contribution in [3.8, 4) is 5.75 Å². The molecule has 0 bridgehead atoms. The summed E-state index contributed by atoms with van der Waals surface area (Å²) >= 11 is 0. The number of hydrogen-bond acceptors (Lipinski definition) is 5. The van der Waals surface area contributed by atoms with E-state index in [2.05, 4.69) is 41.2 Å². The van der Waals surface area contributed by atoms with Gasteiger partial charge in [0.05, 0.1) is 5.56 Å². The van der Waals surface area contributed by atoms with Gasteiger partial charge in [-0.25, -0.2) is 0 Å². The Bertz CT molecular complexity index is 1030. The van der Waals surface area contributed by atoms with Gasteiger partial charge in [-0.15, -0.1) is 0 Å². The molecule has 1 aliphatic heterocycles. The summed E-state index contributed by atoms with van der Waals surface area (Å²) in [5.41, 5.74) is 4.77. The number of carbonyl (C=O) groups is 1. The second kappa shape index (κ2) is 9.35. The number of aryl methyl sites for hydroxylation is 3. The molecule has 0 radical (unpaired) electrons. The van der Waals surface area contributed by atoms with Gasteiger partial charge in [0.1, 0.15) is 18.1 Å². The Morgan fingerprint density at radius 2 is 1.74 bits per heavy atom. The lowest BCUT2D eigenvalue weighted by Gasteiger charge is -2.34. The zero-order chi connectivity index (χ0) is 21.8. The van der Waals surface area contributed by atoms with Crippen molar-refractivity contribution < 1.29 is 14.1 Å². The molecule has 1 amide bonds. The molecule has 162 valence electrons. The van der Waals surface area contributed by atoms with Crippen LogP contribution in [-0.2, 0) is 13.2 Å². The topological polar surface area (TPSA) is 58.8 Å². The highest BCUT2D eigenvalue weighted by Crippen LogP contribution is 2.21. The van der Waals surface area contributed by atoms with Crippen molar-refractivity contribution in [2.24, 2.45) is 0 Å². The Morgan fingerprint density at radius 1 is 1.00 bits per heavy atom. The largest absolute Gasteiger partial charge is 0.489 e. The van der Waals surface area contributed by atoms with E-state index >= 15 is 0 Å². The fraction of sp³-hybridized carbons (Fsp3) is 0.360. The molecule has 2 heterocycles. The van der Waals surface area contributed by atoms with Gasteiger partial charge < -0.3 is 14.2 Å². The first-order chi connectivity index (χ1) is 15.0. The number of amides is 1. The molecule has 0 atom stereocenters. The molecule has 1 aliphatic rings. The van der Waals surface area contributed by atoms with Crippen LogP contribution in [0.4, 0.5) is 0 Å². The minimum atomic E-state index is -0.0883. The molecule has 2 aromatic carbocycles. The van der Waals surface area contributed by atoms with Gasteiger partial charge in [0.15, 0.2) is 5.69 Å². The van der Waals surface area contributed by atoms with Crippen molar-refractivity contribution >= 4 is 5.91 Å². The first-order valence-corrected chi connectivity index (χ1v) is 10.7.